The maximum absolute atomic E-state index is 9.43. The number of rotatable bonds is 8. The van der Waals surface area contributed by atoms with Crippen LogP contribution in [-0.2, 0) is 17.7 Å². The fourth-order valence-corrected chi connectivity index (χ4v) is 3.69. The standard InChI is InChI=1S/C27H26BNO2/c1-2-21-13-17-25(18-14-21)28(24-8-4-3-5-9-24)31-27(26-10-6-7-19-29-26)23-15-11-22(20-30)12-16-23/h3-19,27,30H,2,20H2,1H3. The van der Waals surface area contributed by atoms with Crippen LogP contribution in [0.1, 0.15) is 35.4 Å². The molecule has 0 aliphatic carbocycles. The Balaban J connectivity index is 1.76. The number of nitrogens with zero attached hydrogens (tertiary/aromatic N) is 1. The number of pyridine rings is 1. The highest BCUT2D eigenvalue weighted by molar-refractivity contribution is 6.80. The molecule has 0 fully saturated rings. The molecule has 4 heteroatoms. The molecule has 3 aromatic carbocycles. The van der Waals surface area contributed by atoms with Crippen molar-refractivity contribution in [1.82, 2.24) is 4.98 Å². The number of aryl methyl sites for hydroxylation is 1. The highest BCUT2D eigenvalue weighted by Gasteiger charge is 2.28. The largest absolute Gasteiger partial charge is 0.414 e. The normalized spacial score (nSPS) is 11.8. The van der Waals surface area contributed by atoms with Gasteiger partial charge in [0, 0.05) is 6.20 Å². The van der Waals surface area contributed by atoms with Crippen LogP contribution in [0.3, 0.4) is 0 Å². The third kappa shape index (κ3) is 5.11. The Labute approximate surface area is 184 Å². The van der Waals surface area contributed by atoms with Gasteiger partial charge in [0.1, 0.15) is 6.10 Å². The van der Waals surface area contributed by atoms with Gasteiger partial charge in [-0.3, -0.25) is 4.98 Å². The van der Waals surface area contributed by atoms with Crippen LogP contribution in [0.15, 0.2) is 103 Å². The summed E-state index contributed by atoms with van der Waals surface area (Å²) in [5.41, 5.74) is 6.23. The summed E-state index contributed by atoms with van der Waals surface area (Å²) in [6.45, 7) is 1.94. The molecule has 1 heterocycles. The Morgan fingerprint density at radius 3 is 2.03 bits per heavy atom. The van der Waals surface area contributed by atoms with Crippen molar-refractivity contribution in [3.63, 3.8) is 0 Å². The summed E-state index contributed by atoms with van der Waals surface area (Å²) < 4.78 is 6.82. The highest BCUT2D eigenvalue weighted by atomic mass is 16.4. The maximum atomic E-state index is 9.43. The van der Waals surface area contributed by atoms with Gasteiger partial charge in [-0.05, 0) is 46.2 Å². The lowest BCUT2D eigenvalue weighted by molar-refractivity contribution is 0.253. The van der Waals surface area contributed by atoms with E-state index in [4.69, 9.17) is 4.65 Å². The van der Waals surface area contributed by atoms with E-state index in [-0.39, 0.29) is 19.6 Å². The van der Waals surface area contributed by atoms with Gasteiger partial charge >= 0.3 is 6.92 Å². The number of aromatic nitrogens is 1. The lowest BCUT2D eigenvalue weighted by atomic mass is 9.55. The Morgan fingerprint density at radius 1 is 0.774 bits per heavy atom. The Morgan fingerprint density at radius 2 is 1.42 bits per heavy atom. The predicted molar refractivity (Wildman–Crippen MR) is 127 cm³/mol. The molecule has 0 aliphatic heterocycles. The molecule has 0 saturated heterocycles. The summed E-state index contributed by atoms with van der Waals surface area (Å²) in [6.07, 6.45) is 2.46. The number of hydrogen-bond donors (Lipinski definition) is 1. The van der Waals surface area contributed by atoms with Crippen molar-refractivity contribution < 1.29 is 9.76 Å². The van der Waals surface area contributed by atoms with E-state index >= 15 is 0 Å². The van der Waals surface area contributed by atoms with Crippen molar-refractivity contribution in [3.05, 3.63) is 126 Å². The lowest BCUT2D eigenvalue weighted by Crippen LogP contribution is -2.46. The first kappa shape index (κ1) is 21.0. The van der Waals surface area contributed by atoms with Crippen LogP contribution in [0.4, 0.5) is 0 Å². The average molecular weight is 407 g/mol. The average Bonchev–Trinajstić information content (AvgIpc) is 2.86. The molecule has 0 spiro atoms. The van der Waals surface area contributed by atoms with Gasteiger partial charge in [-0.1, -0.05) is 91.9 Å². The summed E-state index contributed by atoms with van der Waals surface area (Å²) in [6, 6.07) is 32.7. The summed E-state index contributed by atoms with van der Waals surface area (Å²) in [5, 5.41) is 9.43. The summed E-state index contributed by atoms with van der Waals surface area (Å²) in [4.78, 5) is 4.59. The van der Waals surface area contributed by atoms with E-state index in [2.05, 4.69) is 48.3 Å². The van der Waals surface area contributed by atoms with Gasteiger partial charge in [0.2, 0.25) is 0 Å². The van der Waals surface area contributed by atoms with Crippen molar-refractivity contribution in [3.8, 4) is 0 Å². The van der Waals surface area contributed by atoms with E-state index < -0.39 is 0 Å². The molecule has 0 radical (unpaired) electrons. The van der Waals surface area contributed by atoms with E-state index in [1.807, 2.05) is 60.7 Å². The smallest absolute Gasteiger partial charge is 0.362 e. The number of aliphatic hydroxyl groups excluding tert-OH is 1. The first-order valence-corrected chi connectivity index (χ1v) is 10.7. The van der Waals surface area contributed by atoms with Gasteiger partial charge < -0.3 is 9.76 Å². The van der Waals surface area contributed by atoms with Gasteiger partial charge in [0.05, 0.1) is 12.3 Å². The lowest BCUT2D eigenvalue weighted by Gasteiger charge is -2.24. The van der Waals surface area contributed by atoms with Crippen LogP contribution >= 0.6 is 0 Å². The van der Waals surface area contributed by atoms with Crippen LogP contribution in [-0.4, -0.2) is 17.0 Å². The van der Waals surface area contributed by atoms with Gasteiger partial charge in [-0.15, -0.1) is 0 Å². The molecule has 154 valence electrons. The topological polar surface area (TPSA) is 42.4 Å². The van der Waals surface area contributed by atoms with E-state index in [0.717, 1.165) is 34.2 Å². The van der Waals surface area contributed by atoms with Gasteiger partial charge in [-0.25, -0.2) is 0 Å². The van der Waals surface area contributed by atoms with Crippen molar-refractivity contribution in [1.29, 1.82) is 0 Å². The van der Waals surface area contributed by atoms with Gasteiger partial charge in [0.25, 0.3) is 0 Å². The summed E-state index contributed by atoms with van der Waals surface area (Å²) >= 11 is 0. The Kier molecular flexibility index (Phi) is 6.93. The Hall–Kier alpha value is -3.21. The van der Waals surface area contributed by atoms with Crippen LogP contribution in [0.25, 0.3) is 0 Å². The minimum atomic E-state index is -0.343. The van der Waals surface area contributed by atoms with Crippen molar-refractivity contribution in [2.75, 3.05) is 0 Å². The molecule has 0 amide bonds. The molecule has 0 aliphatic rings. The molecule has 3 nitrogen and oxygen atoms in total. The van der Waals surface area contributed by atoms with Crippen molar-refractivity contribution >= 4 is 17.8 Å². The molecule has 1 atom stereocenters. The molecule has 1 unspecified atom stereocenters. The van der Waals surface area contributed by atoms with Crippen LogP contribution in [0.5, 0.6) is 0 Å². The van der Waals surface area contributed by atoms with Crippen molar-refractivity contribution in [2.45, 2.75) is 26.1 Å². The van der Waals surface area contributed by atoms with Gasteiger partial charge in [0.15, 0.2) is 0 Å². The minimum absolute atomic E-state index is 0.0197. The molecule has 1 aromatic heterocycles. The van der Waals surface area contributed by atoms with E-state index in [9.17, 15) is 5.11 Å². The zero-order chi connectivity index (χ0) is 21.5. The highest BCUT2D eigenvalue weighted by Crippen LogP contribution is 2.26. The fraction of sp³-hybridized carbons (Fsp3) is 0.148. The third-order valence-electron chi connectivity index (χ3n) is 5.49. The first-order chi connectivity index (χ1) is 15.3. The number of benzene rings is 3. The maximum Gasteiger partial charge on any atom is 0.362 e. The first-order valence-electron chi connectivity index (χ1n) is 10.7. The Bertz CT molecular complexity index is 979. The molecular formula is C27H26BNO2. The zero-order valence-corrected chi connectivity index (χ0v) is 17.7. The van der Waals surface area contributed by atoms with Crippen LogP contribution in [0.2, 0.25) is 0 Å². The third-order valence-corrected chi connectivity index (χ3v) is 5.49. The zero-order valence-electron chi connectivity index (χ0n) is 17.7. The summed E-state index contributed by atoms with van der Waals surface area (Å²) in [7, 11) is 0. The fourth-order valence-electron chi connectivity index (χ4n) is 3.69. The van der Waals surface area contributed by atoms with Crippen molar-refractivity contribution in [2.24, 2.45) is 0 Å². The molecule has 1 N–H and O–H groups in total. The second kappa shape index (κ2) is 10.2. The van der Waals surface area contributed by atoms with Gasteiger partial charge in [-0.2, -0.15) is 0 Å². The second-order valence-corrected chi connectivity index (χ2v) is 7.56. The number of aliphatic hydroxyl groups is 1. The molecule has 31 heavy (non-hydrogen) atoms. The van der Waals surface area contributed by atoms with E-state index in [0.29, 0.717) is 0 Å². The van der Waals surface area contributed by atoms with E-state index in [1.165, 1.54) is 5.56 Å². The molecular weight excluding hydrogens is 381 g/mol. The molecule has 0 saturated carbocycles. The van der Waals surface area contributed by atoms with Crippen LogP contribution in [0, 0.1) is 0 Å². The summed E-state index contributed by atoms with van der Waals surface area (Å²) in [5.74, 6) is 0. The predicted octanol–water partition coefficient (Wildman–Crippen LogP) is 4.05. The second-order valence-electron chi connectivity index (χ2n) is 7.56. The van der Waals surface area contributed by atoms with Crippen LogP contribution < -0.4 is 10.9 Å². The minimum Gasteiger partial charge on any atom is -0.414 e. The number of hydrogen-bond acceptors (Lipinski definition) is 3. The molecule has 4 aromatic rings. The molecule has 4 rings (SSSR count). The quantitative estimate of drug-likeness (QED) is 0.448. The molecule has 0 bridgehead atoms. The SMILES string of the molecule is CCc1ccc(B(OC(c2ccc(CO)cc2)c2ccccn2)c2ccccc2)cc1. The monoisotopic (exact) mass is 407 g/mol. The van der Waals surface area contributed by atoms with E-state index in [1.54, 1.807) is 6.20 Å².